The normalized spacial score (nSPS) is 12.2. The molecule has 1 aromatic heterocycles. The van der Waals surface area contributed by atoms with Crippen LogP contribution in [0.4, 0.5) is 10.2 Å². The van der Waals surface area contributed by atoms with Crippen molar-refractivity contribution in [3.05, 3.63) is 53.7 Å². The minimum Gasteiger partial charge on any atom is -0.387 e. The van der Waals surface area contributed by atoms with Crippen molar-refractivity contribution in [3.63, 3.8) is 0 Å². The van der Waals surface area contributed by atoms with Crippen LogP contribution in [0.5, 0.6) is 0 Å². The van der Waals surface area contributed by atoms with Gasteiger partial charge in [0.1, 0.15) is 5.82 Å². The molecule has 1 unspecified atom stereocenters. The smallest absolute Gasteiger partial charge is 0.276 e. The number of hydrogen-bond donors (Lipinski definition) is 2. The number of carbonyl (C=O) groups is 1. The molecule has 0 bridgehead atoms. The van der Waals surface area contributed by atoms with E-state index in [1.165, 1.54) is 41.6 Å². The molecule has 6 nitrogen and oxygen atoms in total. The third-order valence-electron chi connectivity index (χ3n) is 3.45. The molecule has 1 amide bonds. The molecule has 0 aliphatic carbocycles. The molecule has 3 N–H and O–H groups in total. The van der Waals surface area contributed by atoms with Crippen molar-refractivity contribution in [3.8, 4) is 0 Å². The molecule has 0 aliphatic rings. The number of aliphatic hydroxyl groups is 1. The Morgan fingerprint density at radius 3 is 2.42 bits per heavy atom. The van der Waals surface area contributed by atoms with Gasteiger partial charge in [-0.25, -0.2) is 14.4 Å². The fourth-order valence-electron chi connectivity index (χ4n) is 2.34. The van der Waals surface area contributed by atoms with Crippen LogP contribution in [0.2, 0.25) is 0 Å². The van der Waals surface area contributed by atoms with Crippen LogP contribution in [0, 0.1) is 11.7 Å². The van der Waals surface area contributed by atoms with Gasteiger partial charge in [-0.15, -0.1) is 0 Å². The van der Waals surface area contributed by atoms with Crippen molar-refractivity contribution >= 4 is 11.7 Å². The predicted octanol–water partition coefficient (Wildman–Crippen LogP) is 2.03. The molecule has 0 spiro atoms. The summed E-state index contributed by atoms with van der Waals surface area (Å²) < 4.78 is 13.0. The van der Waals surface area contributed by atoms with E-state index in [0.29, 0.717) is 12.1 Å². The fraction of sp³-hybridized carbons (Fsp3) is 0.353. The van der Waals surface area contributed by atoms with E-state index in [9.17, 15) is 14.3 Å². The largest absolute Gasteiger partial charge is 0.387 e. The van der Waals surface area contributed by atoms with Gasteiger partial charge < -0.3 is 15.7 Å². The highest BCUT2D eigenvalue weighted by atomic mass is 19.1. The predicted molar refractivity (Wildman–Crippen MR) is 88.5 cm³/mol. The highest BCUT2D eigenvalue weighted by molar-refractivity contribution is 5.96. The minimum atomic E-state index is -0.939. The molecule has 0 saturated heterocycles. The Hall–Kier alpha value is -2.54. The van der Waals surface area contributed by atoms with Crippen molar-refractivity contribution in [2.24, 2.45) is 5.92 Å². The lowest BCUT2D eigenvalue weighted by Gasteiger charge is -2.27. The van der Waals surface area contributed by atoms with E-state index >= 15 is 0 Å². The minimum absolute atomic E-state index is 0.0486. The Morgan fingerprint density at radius 2 is 1.83 bits per heavy atom. The molecule has 2 aromatic rings. The van der Waals surface area contributed by atoms with E-state index in [1.807, 2.05) is 13.8 Å². The van der Waals surface area contributed by atoms with Gasteiger partial charge in [-0.2, -0.15) is 0 Å². The number of halogens is 1. The number of hydrogen-bond acceptors (Lipinski definition) is 5. The quantitative estimate of drug-likeness (QED) is 0.844. The second-order valence-electron chi connectivity index (χ2n) is 5.96. The number of anilines is 1. The van der Waals surface area contributed by atoms with Crippen molar-refractivity contribution < 1.29 is 14.3 Å². The van der Waals surface area contributed by atoms with E-state index < -0.39 is 12.0 Å². The first-order valence-electron chi connectivity index (χ1n) is 7.67. The van der Waals surface area contributed by atoms with E-state index in [2.05, 4.69) is 9.97 Å². The third-order valence-corrected chi connectivity index (χ3v) is 3.45. The van der Waals surface area contributed by atoms with E-state index in [1.54, 1.807) is 0 Å². The zero-order chi connectivity index (χ0) is 17.7. The average molecular weight is 332 g/mol. The lowest BCUT2D eigenvalue weighted by molar-refractivity contribution is 0.0590. The van der Waals surface area contributed by atoms with Gasteiger partial charge in [0.2, 0.25) is 0 Å². The summed E-state index contributed by atoms with van der Waals surface area (Å²) >= 11 is 0. The van der Waals surface area contributed by atoms with Gasteiger partial charge in [-0.3, -0.25) is 4.79 Å². The summed E-state index contributed by atoms with van der Waals surface area (Å²) in [5.41, 5.74) is 6.32. The van der Waals surface area contributed by atoms with Crippen molar-refractivity contribution in [2.75, 3.05) is 18.8 Å². The summed E-state index contributed by atoms with van der Waals surface area (Å²) in [5, 5.41) is 10.4. The standard InChI is InChI=1S/C17H21FN4O2/c1-11(2)9-22(17(24)15-16(19)21-8-7-20-15)10-14(23)12-3-5-13(18)6-4-12/h3-8,11,14,23H,9-10H2,1-2H3,(H2,19,21). The Balaban J connectivity index is 2.20. The molecule has 2 rings (SSSR count). The maximum atomic E-state index is 13.0. The number of benzene rings is 1. The molecule has 0 fully saturated rings. The van der Waals surface area contributed by atoms with Crippen LogP contribution in [0.15, 0.2) is 36.7 Å². The van der Waals surface area contributed by atoms with Gasteiger partial charge in [-0.1, -0.05) is 26.0 Å². The zero-order valence-corrected chi connectivity index (χ0v) is 13.7. The van der Waals surface area contributed by atoms with Crippen LogP contribution >= 0.6 is 0 Å². The number of nitrogen functional groups attached to an aromatic ring is 1. The van der Waals surface area contributed by atoms with E-state index in [-0.39, 0.29) is 29.8 Å². The first kappa shape index (κ1) is 17.8. The fourth-order valence-corrected chi connectivity index (χ4v) is 2.34. The van der Waals surface area contributed by atoms with Crippen molar-refractivity contribution in [2.45, 2.75) is 20.0 Å². The summed E-state index contributed by atoms with van der Waals surface area (Å²) in [4.78, 5) is 22.0. The summed E-state index contributed by atoms with van der Waals surface area (Å²) in [7, 11) is 0. The van der Waals surface area contributed by atoms with E-state index in [0.717, 1.165) is 0 Å². The van der Waals surface area contributed by atoms with Crippen LogP contribution in [0.25, 0.3) is 0 Å². The first-order chi connectivity index (χ1) is 11.4. The maximum absolute atomic E-state index is 13.0. The molecule has 1 heterocycles. The number of aliphatic hydroxyl groups excluding tert-OH is 1. The molecule has 0 aliphatic heterocycles. The van der Waals surface area contributed by atoms with Gasteiger partial charge in [0.25, 0.3) is 5.91 Å². The lowest BCUT2D eigenvalue weighted by Crippen LogP contribution is -2.38. The molecular weight excluding hydrogens is 311 g/mol. The number of nitrogens with zero attached hydrogens (tertiary/aromatic N) is 3. The molecule has 24 heavy (non-hydrogen) atoms. The topological polar surface area (TPSA) is 92.3 Å². The molecular formula is C17H21FN4O2. The average Bonchev–Trinajstić information content (AvgIpc) is 2.54. The zero-order valence-electron chi connectivity index (χ0n) is 13.7. The highest BCUT2D eigenvalue weighted by Crippen LogP contribution is 2.18. The first-order valence-corrected chi connectivity index (χ1v) is 7.67. The molecule has 1 atom stereocenters. The van der Waals surface area contributed by atoms with Crippen molar-refractivity contribution in [1.82, 2.24) is 14.9 Å². The van der Waals surface area contributed by atoms with Crippen LogP contribution in [-0.2, 0) is 0 Å². The van der Waals surface area contributed by atoms with Gasteiger partial charge >= 0.3 is 0 Å². The van der Waals surface area contributed by atoms with E-state index in [4.69, 9.17) is 5.73 Å². The van der Waals surface area contributed by atoms with Crippen LogP contribution in [0.3, 0.4) is 0 Å². The second-order valence-corrected chi connectivity index (χ2v) is 5.96. The SMILES string of the molecule is CC(C)CN(CC(O)c1ccc(F)cc1)C(=O)c1nccnc1N. The van der Waals surface area contributed by atoms with Crippen LogP contribution in [0.1, 0.15) is 36.0 Å². The van der Waals surface area contributed by atoms with Gasteiger partial charge in [0.15, 0.2) is 11.5 Å². The lowest BCUT2D eigenvalue weighted by atomic mass is 10.1. The number of nitrogens with two attached hydrogens (primary N) is 1. The maximum Gasteiger partial charge on any atom is 0.276 e. The van der Waals surface area contributed by atoms with Gasteiger partial charge in [0, 0.05) is 18.9 Å². The molecule has 0 radical (unpaired) electrons. The second kappa shape index (κ2) is 7.83. The Morgan fingerprint density at radius 1 is 1.21 bits per heavy atom. The van der Waals surface area contributed by atoms with Crippen LogP contribution in [-0.4, -0.2) is 39.0 Å². The summed E-state index contributed by atoms with van der Waals surface area (Å²) in [6.45, 7) is 4.40. The Bertz CT molecular complexity index is 691. The van der Waals surface area contributed by atoms with Gasteiger partial charge in [0.05, 0.1) is 12.6 Å². The summed E-state index contributed by atoms with van der Waals surface area (Å²) in [5.74, 6) is -0.538. The Labute approximate surface area is 140 Å². The van der Waals surface area contributed by atoms with Crippen LogP contribution < -0.4 is 5.73 Å². The number of amides is 1. The molecule has 128 valence electrons. The number of carbonyl (C=O) groups excluding carboxylic acids is 1. The molecule has 1 aromatic carbocycles. The van der Waals surface area contributed by atoms with Crippen molar-refractivity contribution in [1.29, 1.82) is 0 Å². The Kier molecular flexibility index (Phi) is 5.81. The molecule has 0 saturated carbocycles. The highest BCUT2D eigenvalue weighted by Gasteiger charge is 2.24. The molecule has 7 heteroatoms. The number of aromatic nitrogens is 2. The third kappa shape index (κ3) is 4.48. The summed E-state index contributed by atoms with van der Waals surface area (Å²) in [6, 6.07) is 5.53. The van der Waals surface area contributed by atoms with Gasteiger partial charge in [-0.05, 0) is 23.6 Å². The number of rotatable bonds is 6. The monoisotopic (exact) mass is 332 g/mol. The summed E-state index contributed by atoms with van der Waals surface area (Å²) in [6.07, 6.45) is 1.87.